The molecule has 0 aliphatic rings. The quantitative estimate of drug-likeness (QED) is 0.710. The fraction of sp³-hybridized carbons (Fsp3) is 0.0588. The highest BCUT2D eigenvalue weighted by molar-refractivity contribution is 6.36. The number of aromatic nitrogens is 1. The van der Waals surface area contributed by atoms with Gasteiger partial charge in [-0.2, -0.15) is 0 Å². The van der Waals surface area contributed by atoms with Crippen LogP contribution in [0.1, 0.15) is 16.1 Å². The number of halogens is 2. The molecule has 5 heteroatoms. The topological polar surface area (TPSA) is 42.0 Å². The first-order valence-corrected chi connectivity index (χ1v) is 7.43. The number of hydrogen-bond acceptors (Lipinski definition) is 2. The Hall–Kier alpha value is -2.10. The number of carbonyl (C=O) groups excluding carboxylic acids is 1. The van der Waals surface area contributed by atoms with Gasteiger partial charge in [-0.1, -0.05) is 29.3 Å². The average Bonchev–Trinajstić information content (AvgIpc) is 2.49. The van der Waals surface area contributed by atoms with E-state index >= 15 is 0 Å². The van der Waals surface area contributed by atoms with Crippen molar-refractivity contribution in [2.45, 2.75) is 6.92 Å². The molecule has 3 nitrogen and oxygen atoms in total. The molecule has 0 fully saturated rings. The van der Waals surface area contributed by atoms with Gasteiger partial charge in [-0.05, 0) is 49.4 Å². The van der Waals surface area contributed by atoms with Crippen molar-refractivity contribution >= 4 is 45.7 Å². The van der Waals surface area contributed by atoms with Crippen molar-refractivity contribution in [2.75, 3.05) is 5.32 Å². The lowest BCUT2D eigenvalue weighted by molar-refractivity contribution is 0.102. The van der Waals surface area contributed by atoms with Gasteiger partial charge in [-0.15, -0.1) is 0 Å². The number of nitrogens with zero attached hydrogens (tertiary/aromatic N) is 1. The highest BCUT2D eigenvalue weighted by Gasteiger charge is 2.13. The summed E-state index contributed by atoms with van der Waals surface area (Å²) in [6.45, 7) is 1.93. The molecule has 1 aromatic heterocycles. The predicted octanol–water partition coefficient (Wildman–Crippen LogP) is 5.10. The van der Waals surface area contributed by atoms with Crippen LogP contribution in [0.3, 0.4) is 0 Å². The number of anilines is 1. The van der Waals surface area contributed by atoms with E-state index in [0.29, 0.717) is 21.3 Å². The molecule has 0 aliphatic carbocycles. The monoisotopic (exact) mass is 330 g/mol. The fourth-order valence-electron chi connectivity index (χ4n) is 2.23. The van der Waals surface area contributed by atoms with Crippen LogP contribution in [0.15, 0.2) is 48.5 Å². The summed E-state index contributed by atoms with van der Waals surface area (Å²) >= 11 is 12.0. The molecule has 0 bridgehead atoms. The molecule has 0 radical (unpaired) electrons. The van der Waals surface area contributed by atoms with Crippen LogP contribution < -0.4 is 5.32 Å². The SMILES string of the molecule is Cc1ccc2c(NC(=O)c3cc(Cl)ccc3Cl)cccc2n1. The minimum absolute atomic E-state index is 0.305. The Bertz CT molecular complexity index is 878. The summed E-state index contributed by atoms with van der Waals surface area (Å²) in [7, 11) is 0. The van der Waals surface area contributed by atoms with Crippen molar-refractivity contribution in [3.05, 3.63) is 69.8 Å². The third-order valence-corrected chi connectivity index (χ3v) is 3.86. The first-order chi connectivity index (χ1) is 10.5. The van der Waals surface area contributed by atoms with E-state index < -0.39 is 0 Å². The van der Waals surface area contributed by atoms with Crippen LogP contribution in [0.2, 0.25) is 10.0 Å². The van der Waals surface area contributed by atoms with E-state index in [-0.39, 0.29) is 5.91 Å². The Morgan fingerprint density at radius 2 is 1.91 bits per heavy atom. The summed E-state index contributed by atoms with van der Waals surface area (Å²) in [5.74, 6) is -0.305. The van der Waals surface area contributed by atoms with Crippen molar-refractivity contribution in [3.63, 3.8) is 0 Å². The maximum atomic E-state index is 12.4. The lowest BCUT2D eigenvalue weighted by Crippen LogP contribution is -2.12. The van der Waals surface area contributed by atoms with Crippen LogP contribution in [0.25, 0.3) is 10.9 Å². The second kappa shape index (κ2) is 5.95. The largest absolute Gasteiger partial charge is 0.321 e. The van der Waals surface area contributed by atoms with E-state index in [1.807, 2.05) is 37.3 Å². The first-order valence-electron chi connectivity index (χ1n) is 6.67. The maximum absolute atomic E-state index is 12.4. The molecule has 0 saturated carbocycles. The zero-order valence-corrected chi connectivity index (χ0v) is 13.2. The molecule has 3 rings (SSSR count). The summed E-state index contributed by atoms with van der Waals surface area (Å²) in [4.78, 5) is 16.9. The minimum atomic E-state index is -0.305. The van der Waals surface area contributed by atoms with Gasteiger partial charge in [0.15, 0.2) is 0 Å². The Balaban J connectivity index is 1.99. The maximum Gasteiger partial charge on any atom is 0.257 e. The molecule has 0 saturated heterocycles. The van der Waals surface area contributed by atoms with E-state index in [1.165, 1.54) is 0 Å². The van der Waals surface area contributed by atoms with Gasteiger partial charge in [0.25, 0.3) is 5.91 Å². The zero-order chi connectivity index (χ0) is 15.7. The number of hydrogen-bond donors (Lipinski definition) is 1. The number of carbonyl (C=O) groups is 1. The molecule has 0 aliphatic heterocycles. The Morgan fingerprint density at radius 1 is 1.09 bits per heavy atom. The average molecular weight is 331 g/mol. The number of rotatable bonds is 2. The van der Waals surface area contributed by atoms with Gasteiger partial charge in [0, 0.05) is 16.1 Å². The van der Waals surface area contributed by atoms with Crippen molar-refractivity contribution in [3.8, 4) is 0 Å². The summed E-state index contributed by atoms with van der Waals surface area (Å²) in [5.41, 5.74) is 2.78. The molecule has 0 spiro atoms. The first kappa shape index (κ1) is 14.8. The molecule has 22 heavy (non-hydrogen) atoms. The number of amides is 1. The summed E-state index contributed by atoms with van der Waals surface area (Å²) < 4.78 is 0. The molecule has 0 atom stereocenters. The number of fused-ring (bicyclic) bond motifs is 1. The van der Waals surface area contributed by atoms with Crippen LogP contribution in [0, 0.1) is 6.92 Å². The van der Waals surface area contributed by atoms with E-state index in [9.17, 15) is 4.79 Å². The van der Waals surface area contributed by atoms with Crippen LogP contribution in [0.4, 0.5) is 5.69 Å². The van der Waals surface area contributed by atoms with E-state index in [2.05, 4.69) is 10.3 Å². The molecular formula is C17H12Cl2N2O. The van der Waals surface area contributed by atoms with Gasteiger partial charge in [0.05, 0.1) is 21.8 Å². The molecule has 0 unspecified atom stereocenters. The predicted molar refractivity (Wildman–Crippen MR) is 90.9 cm³/mol. The second-order valence-electron chi connectivity index (χ2n) is 4.90. The van der Waals surface area contributed by atoms with E-state index in [1.54, 1.807) is 18.2 Å². The fourth-order valence-corrected chi connectivity index (χ4v) is 2.60. The van der Waals surface area contributed by atoms with Gasteiger partial charge >= 0.3 is 0 Å². The molecule has 110 valence electrons. The van der Waals surface area contributed by atoms with Gasteiger partial charge < -0.3 is 5.32 Å². The van der Waals surface area contributed by atoms with Gasteiger partial charge in [0.2, 0.25) is 0 Å². The standard InChI is InChI=1S/C17H12Cl2N2O/c1-10-5-7-12-15(20-10)3-2-4-16(12)21-17(22)13-9-11(18)6-8-14(13)19/h2-9H,1H3,(H,21,22). The summed E-state index contributed by atoms with van der Waals surface area (Å²) in [6.07, 6.45) is 0. The number of nitrogens with one attached hydrogen (secondary N) is 1. The summed E-state index contributed by atoms with van der Waals surface area (Å²) in [6, 6.07) is 14.2. The Morgan fingerprint density at radius 3 is 2.73 bits per heavy atom. The van der Waals surface area contributed by atoms with Crippen molar-refractivity contribution < 1.29 is 4.79 Å². The number of benzene rings is 2. The van der Waals surface area contributed by atoms with Crippen molar-refractivity contribution in [1.29, 1.82) is 0 Å². The Labute approximate surface area is 137 Å². The van der Waals surface area contributed by atoms with Crippen LogP contribution in [-0.2, 0) is 0 Å². The third kappa shape index (κ3) is 2.91. The smallest absolute Gasteiger partial charge is 0.257 e. The van der Waals surface area contributed by atoms with Gasteiger partial charge in [-0.3, -0.25) is 9.78 Å². The molecule has 1 amide bonds. The lowest BCUT2D eigenvalue weighted by atomic mass is 10.1. The highest BCUT2D eigenvalue weighted by atomic mass is 35.5. The van der Waals surface area contributed by atoms with Gasteiger partial charge in [0.1, 0.15) is 0 Å². The molecule has 2 aromatic carbocycles. The van der Waals surface area contributed by atoms with E-state index in [0.717, 1.165) is 16.6 Å². The third-order valence-electron chi connectivity index (χ3n) is 3.29. The van der Waals surface area contributed by atoms with Crippen LogP contribution in [-0.4, -0.2) is 10.9 Å². The van der Waals surface area contributed by atoms with Gasteiger partial charge in [-0.25, -0.2) is 0 Å². The van der Waals surface area contributed by atoms with Crippen LogP contribution >= 0.6 is 23.2 Å². The summed E-state index contributed by atoms with van der Waals surface area (Å²) in [5, 5.41) is 4.56. The van der Waals surface area contributed by atoms with Crippen LogP contribution in [0.5, 0.6) is 0 Å². The number of aryl methyl sites for hydroxylation is 1. The Kier molecular flexibility index (Phi) is 4.01. The zero-order valence-electron chi connectivity index (χ0n) is 11.7. The normalized spacial score (nSPS) is 10.7. The lowest BCUT2D eigenvalue weighted by Gasteiger charge is -2.10. The van der Waals surface area contributed by atoms with E-state index in [4.69, 9.17) is 23.2 Å². The second-order valence-corrected chi connectivity index (χ2v) is 5.75. The number of pyridine rings is 1. The molecule has 1 heterocycles. The molecular weight excluding hydrogens is 319 g/mol. The minimum Gasteiger partial charge on any atom is -0.321 e. The highest BCUT2D eigenvalue weighted by Crippen LogP contribution is 2.25. The van der Waals surface area contributed by atoms with Crippen molar-refractivity contribution in [2.24, 2.45) is 0 Å². The molecule has 1 N–H and O–H groups in total. The van der Waals surface area contributed by atoms with Crippen molar-refractivity contribution in [1.82, 2.24) is 4.98 Å². The molecule has 3 aromatic rings.